The van der Waals surface area contributed by atoms with E-state index in [-0.39, 0.29) is 52.3 Å². The summed E-state index contributed by atoms with van der Waals surface area (Å²) >= 11 is 0. The third kappa shape index (κ3) is 5.31. The monoisotopic (exact) mass is 513 g/mol. The van der Waals surface area contributed by atoms with Crippen molar-refractivity contribution in [2.24, 2.45) is 46.3 Å². The van der Waals surface area contributed by atoms with Crippen LogP contribution in [0.5, 0.6) is 0 Å². The lowest BCUT2D eigenvalue weighted by atomic mass is 9.47. The Morgan fingerprint density at radius 3 is 2.49 bits per heavy atom. The molecular weight excluding hydrogens is 466 g/mol. The molecule has 6 heteroatoms. The van der Waals surface area contributed by atoms with Crippen LogP contribution in [0.3, 0.4) is 0 Å². The van der Waals surface area contributed by atoms with Crippen LogP contribution in [0.1, 0.15) is 99.3 Å². The molecule has 37 heavy (non-hydrogen) atoms. The van der Waals surface area contributed by atoms with Gasteiger partial charge in [-0.2, -0.15) is 0 Å². The maximum atomic E-state index is 13.5. The number of carbonyl (C=O) groups is 4. The Hall–Kier alpha value is -1.98. The fraction of sp³-hybridized carbons (Fsp3) is 0.806. The summed E-state index contributed by atoms with van der Waals surface area (Å²) in [5, 5.41) is 2.83. The van der Waals surface area contributed by atoms with Crippen molar-refractivity contribution in [3.8, 4) is 0 Å². The number of carbonyl (C=O) groups excluding carboxylic acids is 4. The van der Waals surface area contributed by atoms with Crippen LogP contribution in [0.15, 0.2) is 11.6 Å². The molecule has 0 unspecified atom stereocenters. The number of ether oxygens (including phenoxy) is 1. The number of allylic oxidation sites excluding steroid dienone is 1. The Morgan fingerprint density at radius 1 is 1.08 bits per heavy atom. The van der Waals surface area contributed by atoms with Crippen molar-refractivity contribution in [3.05, 3.63) is 11.6 Å². The second kappa shape index (κ2) is 10.6. The Kier molecular flexibility index (Phi) is 8.07. The van der Waals surface area contributed by atoms with Crippen molar-refractivity contribution in [1.82, 2.24) is 5.32 Å². The van der Waals surface area contributed by atoms with Gasteiger partial charge in [0, 0.05) is 51.5 Å². The summed E-state index contributed by atoms with van der Waals surface area (Å²) in [4.78, 5) is 49.5. The molecule has 0 spiro atoms. The molecule has 6 nitrogen and oxygen atoms in total. The minimum Gasteiger partial charge on any atom is -0.462 e. The fourth-order valence-corrected chi connectivity index (χ4v) is 8.86. The maximum absolute atomic E-state index is 13.5. The summed E-state index contributed by atoms with van der Waals surface area (Å²) in [6, 6.07) is 0. The molecule has 0 aromatic carbocycles. The Morgan fingerprint density at radius 2 is 1.81 bits per heavy atom. The van der Waals surface area contributed by atoms with Crippen LogP contribution in [0.4, 0.5) is 0 Å². The third-order valence-corrected chi connectivity index (χ3v) is 10.9. The highest BCUT2D eigenvalue weighted by Gasteiger charge is 2.62. The molecule has 4 aliphatic carbocycles. The van der Waals surface area contributed by atoms with Crippen LogP contribution >= 0.6 is 0 Å². The second-order valence-electron chi connectivity index (χ2n) is 13.3. The van der Waals surface area contributed by atoms with Gasteiger partial charge in [-0.05, 0) is 73.0 Å². The molecule has 206 valence electrons. The van der Waals surface area contributed by atoms with Gasteiger partial charge in [0.1, 0.15) is 17.7 Å². The summed E-state index contributed by atoms with van der Waals surface area (Å²) in [5.74, 6) is 1.40. The molecule has 0 saturated heterocycles. The van der Waals surface area contributed by atoms with E-state index in [1.165, 1.54) is 19.4 Å². The average molecular weight is 514 g/mol. The molecule has 4 aliphatic rings. The minimum absolute atomic E-state index is 0.00695. The van der Waals surface area contributed by atoms with Gasteiger partial charge in [0.25, 0.3) is 0 Å². The van der Waals surface area contributed by atoms with E-state index in [1.807, 2.05) is 6.92 Å². The molecule has 1 N–H and O–H groups in total. The zero-order valence-electron chi connectivity index (χ0n) is 23.7. The number of esters is 1. The van der Waals surface area contributed by atoms with E-state index in [1.54, 1.807) is 0 Å². The van der Waals surface area contributed by atoms with Gasteiger partial charge in [-0.1, -0.05) is 39.3 Å². The minimum atomic E-state index is -0.253. The summed E-state index contributed by atoms with van der Waals surface area (Å²) in [6.07, 6.45) is 10.1. The molecular formula is C31H47NO5. The SMILES string of the molecule is CC(=O)NC[C@@H](C)CCC(=O)[C@H](C)[C@H]1C(=O)C[C@H]2[C@@H]3CC=C4C[C@@H](OC(C)=O)CC[C@]4(C)[C@H]3CC[C@]12C. The lowest BCUT2D eigenvalue weighted by Gasteiger charge is -2.58. The molecule has 0 bridgehead atoms. The second-order valence-corrected chi connectivity index (χ2v) is 13.3. The van der Waals surface area contributed by atoms with Crippen LogP contribution < -0.4 is 5.32 Å². The molecule has 0 heterocycles. The first-order valence-corrected chi connectivity index (χ1v) is 14.5. The third-order valence-electron chi connectivity index (χ3n) is 10.9. The summed E-state index contributed by atoms with van der Waals surface area (Å²) in [7, 11) is 0. The van der Waals surface area contributed by atoms with E-state index in [2.05, 4.69) is 32.2 Å². The molecule has 3 saturated carbocycles. The number of ketones is 2. The first-order valence-electron chi connectivity index (χ1n) is 14.5. The van der Waals surface area contributed by atoms with Crippen molar-refractivity contribution in [3.63, 3.8) is 0 Å². The van der Waals surface area contributed by atoms with Crippen molar-refractivity contribution >= 4 is 23.4 Å². The van der Waals surface area contributed by atoms with E-state index in [0.717, 1.165) is 44.9 Å². The quantitative estimate of drug-likeness (QED) is 0.345. The topological polar surface area (TPSA) is 89.5 Å². The molecule has 0 aromatic rings. The zero-order valence-corrected chi connectivity index (χ0v) is 23.7. The van der Waals surface area contributed by atoms with Crippen LogP contribution in [0, 0.1) is 46.3 Å². The predicted octanol–water partition coefficient (Wildman–Crippen LogP) is 5.43. The summed E-state index contributed by atoms with van der Waals surface area (Å²) in [6.45, 7) is 12.3. The highest BCUT2D eigenvalue weighted by molar-refractivity contribution is 5.92. The molecule has 3 fully saturated rings. The van der Waals surface area contributed by atoms with E-state index in [4.69, 9.17) is 4.74 Å². The zero-order chi connectivity index (χ0) is 27.1. The number of nitrogens with one attached hydrogen (secondary N) is 1. The summed E-state index contributed by atoms with van der Waals surface area (Å²) in [5.41, 5.74) is 1.45. The van der Waals surface area contributed by atoms with Gasteiger partial charge < -0.3 is 10.1 Å². The van der Waals surface area contributed by atoms with Gasteiger partial charge in [0.05, 0.1) is 0 Å². The molecule has 4 rings (SSSR count). The Labute approximate surface area is 222 Å². The van der Waals surface area contributed by atoms with Gasteiger partial charge in [-0.3, -0.25) is 19.2 Å². The van der Waals surface area contributed by atoms with E-state index in [0.29, 0.717) is 42.9 Å². The van der Waals surface area contributed by atoms with Crippen LogP contribution in [-0.2, 0) is 23.9 Å². The van der Waals surface area contributed by atoms with Gasteiger partial charge in [-0.25, -0.2) is 0 Å². The molecule has 9 atom stereocenters. The van der Waals surface area contributed by atoms with Gasteiger partial charge in [-0.15, -0.1) is 0 Å². The Bertz CT molecular complexity index is 971. The highest BCUT2D eigenvalue weighted by Crippen LogP contribution is 2.66. The van der Waals surface area contributed by atoms with Crippen LogP contribution in [0.25, 0.3) is 0 Å². The molecule has 0 aromatic heterocycles. The lowest BCUT2D eigenvalue weighted by Crippen LogP contribution is -2.51. The number of rotatable bonds is 8. The number of Topliss-reactive ketones (excluding diaryl/α,β-unsaturated/α-hetero) is 2. The smallest absolute Gasteiger partial charge is 0.302 e. The van der Waals surface area contributed by atoms with Crippen molar-refractivity contribution in [1.29, 1.82) is 0 Å². The van der Waals surface area contributed by atoms with Gasteiger partial charge >= 0.3 is 5.97 Å². The van der Waals surface area contributed by atoms with E-state index >= 15 is 0 Å². The number of hydrogen-bond acceptors (Lipinski definition) is 5. The molecule has 1 amide bonds. The fourth-order valence-electron chi connectivity index (χ4n) is 8.86. The lowest BCUT2D eigenvalue weighted by molar-refractivity contribution is -0.148. The number of fused-ring (bicyclic) bond motifs is 5. The standard InChI is InChI=1S/C31H47NO5/c1-18(17-32-20(3)33)7-10-27(35)19(2)29-28(36)16-26-24-9-8-22-15-23(37-21(4)34)11-13-30(22,5)25(24)12-14-31(26,29)6/h8,18-19,23-26,29H,7,9-17H2,1-6H3,(H,32,33)/t18-,19-,23-,24+,25-,26-,29-,30-,31-/m0/s1. The van der Waals surface area contributed by atoms with Crippen molar-refractivity contribution in [2.75, 3.05) is 6.54 Å². The van der Waals surface area contributed by atoms with Gasteiger partial charge in [0.2, 0.25) is 5.91 Å². The normalized spacial score (nSPS) is 38.4. The Balaban J connectivity index is 1.45. The largest absolute Gasteiger partial charge is 0.462 e. The number of amides is 1. The van der Waals surface area contributed by atoms with Crippen molar-refractivity contribution < 1.29 is 23.9 Å². The van der Waals surface area contributed by atoms with E-state index in [9.17, 15) is 19.2 Å². The van der Waals surface area contributed by atoms with Crippen LogP contribution in [-0.4, -0.2) is 36.1 Å². The van der Waals surface area contributed by atoms with Crippen molar-refractivity contribution in [2.45, 2.75) is 105 Å². The molecule has 0 aliphatic heterocycles. The molecule has 0 radical (unpaired) electrons. The summed E-state index contributed by atoms with van der Waals surface area (Å²) < 4.78 is 5.57. The maximum Gasteiger partial charge on any atom is 0.302 e. The van der Waals surface area contributed by atoms with E-state index < -0.39 is 0 Å². The highest BCUT2D eigenvalue weighted by atomic mass is 16.5. The average Bonchev–Trinajstić information content (AvgIpc) is 3.10. The van der Waals surface area contributed by atoms with Crippen LogP contribution in [0.2, 0.25) is 0 Å². The van der Waals surface area contributed by atoms with Gasteiger partial charge in [0.15, 0.2) is 0 Å². The predicted molar refractivity (Wildman–Crippen MR) is 142 cm³/mol. The first-order chi connectivity index (χ1) is 17.4. The number of hydrogen-bond donors (Lipinski definition) is 1. The first kappa shape index (κ1) is 28.0.